The summed E-state index contributed by atoms with van der Waals surface area (Å²) >= 11 is 0. The van der Waals surface area contributed by atoms with Crippen LogP contribution in [0, 0.1) is 0 Å². The van der Waals surface area contributed by atoms with Crippen LogP contribution in [0.15, 0.2) is 73.1 Å². The van der Waals surface area contributed by atoms with Crippen molar-refractivity contribution in [1.29, 1.82) is 0 Å². The molecule has 0 aliphatic rings. The van der Waals surface area contributed by atoms with Crippen LogP contribution in [0.2, 0.25) is 0 Å². The highest BCUT2D eigenvalue weighted by molar-refractivity contribution is 5.91. The molecule has 28 heavy (non-hydrogen) atoms. The topological polar surface area (TPSA) is 62.7 Å². The van der Waals surface area contributed by atoms with Crippen LogP contribution in [0.25, 0.3) is 10.9 Å². The maximum absolute atomic E-state index is 4.63. The molecule has 0 unspecified atom stereocenters. The van der Waals surface area contributed by atoms with E-state index in [2.05, 4.69) is 64.6 Å². The van der Waals surface area contributed by atoms with Crippen molar-refractivity contribution in [3.05, 3.63) is 78.6 Å². The third kappa shape index (κ3) is 3.78. The van der Waals surface area contributed by atoms with Gasteiger partial charge in [0.2, 0.25) is 5.95 Å². The van der Waals surface area contributed by atoms with Crippen LogP contribution in [0.1, 0.15) is 26.3 Å². The van der Waals surface area contributed by atoms with Crippen LogP contribution in [-0.2, 0) is 5.41 Å². The van der Waals surface area contributed by atoms with Gasteiger partial charge in [0.05, 0.1) is 11.2 Å². The summed E-state index contributed by atoms with van der Waals surface area (Å²) in [5.41, 5.74) is 4.09. The van der Waals surface area contributed by atoms with Crippen molar-refractivity contribution in [2.24, 2.45) is 0 Å². The first-order valence-electron chi connectivity index (χ1n) is 9.31. The van der Waals surface area contributed by atoms with Gasteiger partial charge in [-0.05, 0) is 35.2 Å². The van der Waals surface area contributed by atoms with Gasteiger partial charge in [0.25, 0.3) is 0 Å². The standard InChI is InChI=1S/C23H23N5/c1-23(2,3)17-10-4-5-11-18(17)26-20-13-15-25-22(28-20)27-19-12-6-8-16-9-7-14-24-21(16)19/h4-15H,1-3H3,(H2,25,26,27,28). The van der Waals surface area contributed by atoms with Gasteiger partial charge in [-0.15, -0.1) is 0 Å². The van der Waals surface area contributed by atoms with Gasteiger partial charge < -0.3 is 10.6 Å². The molecular weight excluding hydrogens is 346 g/mol. The maximum Gasteiger partial charge on any atom is 0.229 e. The normalized spacial score (nSPS) is 11.4. The Balaban J connectivity index is 1.63. The molecule has 0 aliphatic carbocycles. The van der Waals surface area contributed by atoms with Gasteiger partial charge in [0.15, 0.2) is 0 Å². The summed E-state index contributed by atoms with van der Waals surface area (Å²) in [6.45, 7) is 6.61. The summed E-state index contributed by atoms with van der Waals surface area (Å²) in [4.78, 5) is 13.5. The van der Waals surface area contributed by atoms with Gasteiger partial charge in [-0.1, -0.05) is 57.2 Å². The Labute approximate surface area is 164 Å². The molecule has 140 valence electrons. The number of nitrogens with zero attached hydrogens (tertiary/aromatic N) is 3. The molecule has 0 atom stereocenters. The predicted molar refractivity (Wildman–Crippen MR) is 115 cm³/mol. The third-order valence-electron chi connectivity index (χ3n) is 4.53. The molecule has 0 saturated carbocycles. The summed E-state index contributed by atoms with van der Waals surface area (Å²) in [5, 5.41) is 7.80. The van der Waals surface area contributed by atoms with E-state index in [9.17, 15) is 0 Å². The molecule has 4 aromatic rings. The molecule has 5 heteroatoms. The summed E-state index contributed by atoms with van der Waals surface area (Å²) in [6.07, 6.45) is 3.53. The second-order valence-corrected chi connectivity index (χ2v) is 7.69. The van der Waals surface area contributed by atoms with Crippen molar-refractivity contribution in [3.8, 4) is 0 Å². The van der Waals surface area contributed by atoms with Gasteiger partial charge in [0.1, 0.15) is 5.82 Å². The molecule has 2 aromatic heterocycles. The zero-order valence-electron chi connectivity index (χ0n) is 16.3. The molecule has 0 fully saturated rings. The first-order valence-corrected chi connectivity index (χ1v) is 9.31. The maximum atomic E-state index is 4.63. The third-order valence-corrected chi connectivity index (χ3v) is 4.53. The van der Waals surface area contributed by atoms with Crippen LogP contribution < -0.4 is 10.6 Å². The molecule has 0 radical (unpaired) electrons. The molecule has 5 nitrogen and oxygen atoms in total. The first kappa shape index (κ1) is 17.9. The number of pyridine rings is 1. The smallest absolute Gasteiger partial charge is 0.229 e. The minimum Gasteiger partial charge on any atom is -0.340 e. The number of rotatable bonds is 4. The highest BCUT2D eigenvalue weighted by Crippen LogP contribution is 2.31. The number of benzene rings is 2. The quantitative estimate of drug-likeness (QED) is 0.475. The Hall–Kier alpha value is -3.47. The molecule has 2 N–H and O–H groups in total. The molecule has 0 amide bonds. The number of hydrogen-bond donors (Lipinski definition) is 2. The SMILES string of the molecule is CC(C)(C)c1ccccc1Nc1ccnc(Nc2cccc3cccnc23)n1. The predicted octanol–water partition coefficient (Wildman–Crippen LogP) is 5.81. The lowest BCUT2D eigenvalue weighted by molar-refractivity contribution is 0.592. The summed E-state index contributed by atoms with van der Waals surface area (Å²) in [6, 6.07) is 20.2. The Kier molecular flexibility index (Phi) is 4.65. The Morgan fingerprint density at radius 1 is 0.714 bits per heavy atom. The van der Waals surface area contributed by atoms with E-state index in [1.165, 1.54) is 5.56 Å². The van der Waals surface area contributed by atoms with Crippen molar-refractivity contribution in [2.45, 2.75) is 26.2 Å². The van der Waals surface area contributed by atoms with Crippen molar-refractivity contribution in [1.82, 2.24) is 15.0 Å². The van der Waals surface area contributed by atoms with Crippen LogP contribution in [0.4, 0.5) is 23.1 Å². The van der Waals surface area contributed by atoms with E-state index in [0.29, 0.717) is 5.95 Å². The molecular formula is C23H23N5. The van der Waals surface area contributed by atoms with Gasteiger partial charge in [-0.25, -0.2) is 4.98 Å². The van der Waals surface area contributed by atoms with Crippen molar-refractivity contribution in [2.75, 3.05) is 10.6 Å². The van der Waals surface area contributed by atoms with Gasteiger partial charge in [-0.2, -0.15) is 4.98 Å². The van der Waals surface area contributed by atoms with E-state index >= 15 is 0 Å². The van der Waals surface area contributed by atoms with E-state index in [1.807, 2.05) is 42.5 Å². The second-order valence-electron chi connectivity index (χ2n) is 7.69. The largest absolute Gasteiger partial charge is 0.340 e. The lowest BCUT2D eigenvalue weighted by atomic mass is 9.86. The molecule has 0 spiro atoms. The average Bonchev–Trinajstić information content (AvgIpc) is 2.68. The Morgan fingerprint density at radius 2 is 1.50 bits per heavy atom. The molecule has 0 aliphatic heterocycles. The molecule has 0 bridgehead atoms. The fraction of sp³-hybridized carbons (Fsp3) is 0.174. The first-order chi connectivity index (χ1) is 13.5. The lowest BCUT2D eigenvalue weighted by Gasteiger charge is -2.23. The molecule has 0 saturated heterocycles. The van der Waals surface area contributed by atoms with Crippen LogP contribution >= 0.6 is 0 Å². The zero-order valence-corrected chi connectivity index (χ0v) is 16.3. The Morgan fingerprint density at radius 3 is 2.36 bits per heavy atom. The number of para-hydroxylation sites is 2. The van der Waals surface area contributed by atoms with Crippen LogP contribution in [0.3, 0.4) is 0 Å². The van der Waals surface area contributed by atoms with Crippen LogP contribution in [0.5, 0.6) is 0 Å². The van der Waals surface area contributed by atoms with Crippen molar-refractivity contribution >= 4 is 34.0 Å². The van der Waals surface area contributed by atoms with E-state index in [0.717, 1.165) is 28.1 Å². The number of hydrogen-bond acceptors (Lipinski definition) is 5. The van der Waals surface area contributed by atoms with E-state index in [4.69, 9.17) is 0 Å². The van der Waals surface area contributed by atoms with Crippen LogP contribution in [-0.4, -0.2) is 15.0 Å². The summed E-state index contributed by atoms with van der Waals surface area (Å²) in [5.74, 6) is 1.26. The van der Waals surface area contributed by atoms with Crippen molar-refractivity contribution in [3.63, 3.8) is 0 Å². The highest BCUT2D eigenvalue weighted by Gasteiger charge is 2.17. The van der Waals surface area contributed by atoms with Crippen molar-refractivity contribution < 1.29 is 0 Å². The Bertz CT molecular complexity index is 1110. The summed E-state index contributed by atoms with van der Waals surface area (Å²) in [7, 11) is 0. The fourth-order valence-electron chi connectivity index (χ4n) is 3.20. The lowest BCUT2D eigenvalue weighted by Crippen LogP contribution is -2.13. The molecule has 4 rings (SSSR count). The molecule has 2 aromatic carbocycles. The fourth-order valence-corrected chi connectivity index (χ4v) is 3.20. The minimum atomic E-state index is 0.0341. The number of anilines is 4. The summed E-state index contributed by atoms with van der Waals surface area (Å²) < 4.78 is 0. The van der Waals surface area contributed by atoms with Gasteiger partial charge in [0, 0.05) is 23.5 Å². The number of nitrogens with one attached hydrogen (secondary N) is 2. The second kappa shape index (κ2) is 7.27. The van der Waals surface area contributed by atoms with E-state index in [1.54, 1.807) is 12.4 Å². The minimum absolute atomic E-state index is 0.0341. The highest BCUT2D eigenvalue weighted by atomic mass is 15.1. The van der Waals surface area contributed by atoms with Gasteiger partial charge in [-0.3, -0.25) is 4.98 Å². The zero-order chi connectivity index (χ0) is 19.6. The van der Waals surface area contributed by atoms with E-state index in [-0.39, 0.29) is 5.41 Å². The average molecular weight is 369 g/mol. The number of aromatic nitrogens is 3. The van der Waals surface area contributed by atoms with Gasteiger partial charge >= 0.3 is 0 Å². The molecule has 2 heterocycles. The number of fused-ring (bicyclic) bond motifs is 1. The monoisotopic (exact) mass is 369 g/mol. The van der Waals surface area contributed by atoms with E-state index < -0.39 is 0 Å².